The van der Waals surface area contributed by atoms with Crippen LogP contribution in [0.4, 0.5) is 5.69 Å². The molecule has 0 bridgehead atoms. The van der Waals surface area contributed by atoms with E-state index < -0.39 is 11.7 Å². The molecule has 0 atom stereocenters. The number of rotatable bonds is 5. The average Bonchev–Trinajstić information content (AvgIpc) is 3.04. The van der Waals surface area contributed by atoms with E-state index in [1.165, 1.54) is 13.3 Å². The van der Waals surface area contributed by atoms with Crippen molar-refractivity contribution in [2.75, 3.05) is 19.5 Å². The standard InChI is InChI=1S/C19H18N2O4/c1-11-4-7-17(25-3)16(8-11)21-19(23)18(22)14-10-20-15-6-5-12(24-2)9-13(14)15/h4-10,20H,1-3H3,(H,21,23). The Bertz CT molecular complexity index is 959. The summed E-state index contributed by atoms with van der Waals surface area (Å²) in [6.45, 7) is 1.89. The zero-order valence-corrected chi connectivity index (χ0v) is 14.2. The molecule has 3 aromatic rings. The lowest BCUT2D eigenvalue weighted by atomic mass is 10.1. The van der Waals surface area contributed by atoms with Crippen LogP contribution in [0.15, 0.2) is 42.6 Å². The third kappa shape index (κ3) is 3.19. The van der Waals surface area contributed by atoms with Crippen molar-refractivity contribution in [2.45, 2.75) is 6.92 Å². The van der Waals surface area contributed by atoms with Crippen LogP contribution >= 0.6 is 0 Å². The number of nitrogens with one attached hydrogen (secondary N) is 2. The summed E-state index contributed by atoms with van der Waals surface area (Å²) in [4.78, 5) is 28.0. The molecule has 6 heteroatoms. The molecule has 0 saturated carbocycles. The Balaban J connectivity index is 1.91. The van der Waals surface area contributed by atoms with E-state index in [4.69, 9.17) is 9.47 Å². The van der Waals surface area contributed by atoms with Crippen LogP contribution in [-0.2, 0) is 4.79 Å². The molecule has 0 aliphatic carbocycles. The third-order valence-electron chi connectivity index (χ3n) is 3.94. The number of hydrogen-bond acceptors (Lipinski definition) is 4. The number of aromatic nitrogens is 1. The van der Waals surface area contributed by atoms with Gasteiger partial charge in [-0.3, -0.25) is 9.59 Å². The summed E-state index contributed by atoms with van der Waals surface area (Å²) in [5.41, 5.74) is 2.45. The summed E-state index contributed by atoms with van der Waals surface area (Å²) in [6, 6.07) is 10.7. The topological polar surface area (TPSA) is 80.4 Å². The van der Waals surface area contributed by atoms with Crippen LogP contribution in [0, 0.1) is 6.92 Å². The lowest BCUT2D eigenvalue weighted by molar-refractivity contribution is -0.112. The molecule has 1 amide bonds. The largest absolute Gasteiger partial charge is 0.497 e. The summed E-state index contributed by atoms with van der Waals surface area (Å²) < 4.78 is 10.4. The van der Waals surface area contributed by atoms with Gasteiger partial charge in [-0.25, -0.2) is 0 Å². The van der Waals surface area contributed by atoms with Crippen LogP contribution in [0.1, 0.15) is 15.9 Å². The van der Waals surface area contributed by atoms with E-state index in [0.717, 1.165) is 11.1 Å². The Hall–Kier alpha value is -3.28. The minimum Gasteiger partial charge on any atom is -0.497 e. The van der Waals surface area contributed by atoms with Gasteiger partial charge in [-0.2, -0.15) is 0 Å². The van der Waals surface area contributed by atoms with Crippen molar-refractivity contribution < 1.29 is 19.1 Å². The normalized spacial score (nSPS) is 10.5. The molecule has 0 aliphatic rings. The molecule has 1 aromatic heterocycles. The average molecular weight is 338 g/mol. The molecule has 0 unspecified atom stereocenters. The highest BCUT2D eigenvalue weighted by Crippen LogP contribution is 2.27. The minimum absolute atomic E-state index is 0.290. The first kappa shape index (κ1) is 16.6. The first-order valence-corrected chi connectivity index (χ1v) is 7.69. The Morgan fingerprint density at radius 2 is 1.84 bits per heavy atom. The molecule has 3 rings (SSSR count). The first-order valence-electron chi connectivity index (χ1n) is 7.69. The second-order valence-electron chi connectivity index (χ2n) is 5.60. The summed E-state index contributed by atoms with van der Waals surface area (Å²) in [5, 5.41) is 3.26. The number of anilines is 1. The van der Waals surface area contributed by atoms with Gasteiger partial charge in [0.2, 0.25) is 0 Å². The lowest BCUT2D eigenvalue weighted by Gasteiger charge is -2.10. The van der Waals surface area contributed by atoms with Gasteiger partial charge in [-0.05, 0) is 42.8 Å². The number of Topliss-reactive ketones (excluding diaryl/α,β-unsaturated/α-hetero) is 1. The lowest BCUT2D eigenvalue weighted by Crippen LogP contribution is -2.23. The Labute approximate surface area is 144 Å². The molecular formula is C19H18N2O4. The van der Waals surface area contributed by atoms with Crippen molar-refractivity contribution in [1.29, 1.82) is 0 Å². The molecule has 0 fully saturated rings. The first-order chi connectivity index (χ1) is 12.0. The van der Waals surface area contributed by atoms with Crippen LogP contribution in [0.5, 0.6) is 11.5 Å². The van der Waals surface area contributed by atoms with E-state index in [1.807, 2.05) is 13.0 Å². The van der Waals surface area contributed by atoms with Crippen molar-refractivity contribution in [1.82, 2.24) is 4.98 Å². The smallest absolute Gasteiger partial charge is 0.296 e. The molecule has 0 saturated heterocycles. The van der Waals surface area contributed by atoms with Gasteiger partial charge in [0.1, 0.15) is 11.5 Å². The number of ketones is 1. The van der Waals surface area contributed by atoms with E-state index in [0.29, 0.717) is 22.6 Å². The molecule has 6 nitrogen and oxygen atoms in total. The number of hydrogen-bond donors (Lipinski definition) is 2. The maximum atomic E-state index is 12.6. The van der Waals surface area contributed by atoms with Crippen molar-refractivity contribution in [2.24, 2.45) is 0 Å². The molecule has 128 valence electrons. The van der Waals surface area contributed by atoms with Crippen molar-refractivity contribution in [3.8, 4) is 11.5 Å². The zero-order valence-electron chi connectivity index (χ0n) is 14.2. The third-order valence-corrected chi connectivity index (χ3v) is 3.94. The molecule has 1 heterocycles. The van der Waals surface area contributed by atoms with E-state index in [9.17, 15) is 9.59 Å². The van der Waals surface area contributed by atoms with E-state index in [2.05, 4.69) is 10.3 Å². The van der Waals surface area contributed by atoms with Gasteiger partial charge >= 0.3 is 0 Å². The van der Waals surface area contributed by atoms with Crippen molar-refractivity contribution >= 4 is 28.3 Å². The maximum absolute atomic E-state index is 12.6. The number of aryl methyl sites for hydroxylation is 1. The second kappa shape index (κ2) is 6.68. The number of ether oxygens (including phenoxy) is 2. The monoisotopic (exact) mass is 338 g/mol. The molecular weight excluding hydrogens is 320 g/mol. The Morgan fingerprint density at radius 3 is 2.56 bits per heavy atom. The summed E-state index contributed by atoms with van der Waals surface area (Å²) >= 11 is 0. The quantitative estimate of drug-likeness (QED) is 0.552. The van der Waals surface area contributed by atoms with E-state index in [-0.39, 0.29) is 5.56 Å². The Morgan fingerprint density at radius 1 is 1.04 bits per heavy atom. The van der Waals surface area contributed by atoms with Crippen LogP contribution in [0.2, 0.25) is 0 Å². The Kier molecular flexibility index (Phi) is 4.43. The number of benzene rings is 2. The summed E-state index contributed by atoms with van der Waals surface area (Å²) in [5.74, 6) is -0.259. The highest BCUT2D eigenvalue weighted by atomic mass is 16.5. The predicted octanol–water partition coefficient (Wildman–Crippen LogP) is 3.31. The predicted molar refractivity (Wildman–Crippen MR) is 95.5 cm³/mol. The molecule has 0 spiro atoms. The summed E-state index contributed by atoms with van der Waals surface area (Å²) in [7, 11) is 3.06. The van der Waals surface area contributed by atoms with Gasteiger partial charge in [-0.1, -0.05) is 6.07 Å². The fourth-order valence-corrected chi connectivity index (χ4v) is 2.64. The molecule has 2 N–H and O–H groups in total. The van der Waals surface area contributed by atoms with Gasteiger partial charge in [0.05, 0.1) is 25.5 Å². The van der Waals surface area contributed by atoms with Crippen LogP contribution in [-0.4, -0.2) is 30.9 Å². The molecule has 0 aliphatic heterocycles. The van der Waals surface area contributed by atoms with Gasteiger partial charge in [-0.15, -0.1) is 0 Å². The van der Waals surface area contributed by atoms with Crippen LogP contribution in [0.25, 0.3) is 10.9 Å². The van der Waals surface area contributed by atoms with E-state index in [1.54, 1.807) is 37.4 Å². The zero-order chi connectivity index (χ0) is 18.0. The van der Waals surface area contributed by atoms with Gasteiger partial charge in [0, 0.05) is 17.1 Å². The van der Waals surface area contributed by atoms with Crippen LogP contribution < -0.4 is 14.8 Å². The van der Waals surface area contributed by atoms with Gasteiger partial charge in [0.25, 0.3) is 11.7 Å². The SMILES string of the molecule is COc1ccc2[nH]cc(C(=O)C(=O)Nc3cc(C)ccc3OC)c2c1. The maximum Gasteiger partial charge on any atom is 0.296 e. The number of carbonyl (C=O) groups excluding carboxylic acids is 2. The number of fused-ring (bicyclic) bond motifs is 1. The van der Waals surface area contributed by atoms with Crippen LogP contribution in [0.3, 0.4) is 0 Å². The molecule has 2 aromatic carbocycles. The number of H-pyrrole nitrogens is 1. The highest BCUT2D eigenvalue weighted by Gasteiger charge is 2.21. The number of aromatic amines is 1. The van der Waals surface area contributed by atoms with Gasteiger partial charge in [0.15, 0.2) is 0 Å². The fraction of sp³-hybridized carbons (Fsp3) is 0.158. The highest BCUT2D eigenvalue weighted by molar-refractivity contribution is 6.48. The number of methoxy groups -OCH3 is 2. The number of amides is 1. The summed E-state index contributed by atoms with van der Waals surface area (Å²) in [6.07, 6.45) is 1.53. The second-order valence-corrected chi connectivity index (χ2v) is 5.60. The molecule has 0 radical (unpaired) electrons. The number of carbonyl (C=O) groups is 2. The van der Waals surface area contributed by atoms with Crippen molar-refractivity contribution in [3.05, 3.63) is 53.7 Å². The van der Waals surface area contributed by atoms with Gasteiger partial charge < -0.3 is 19.8 Å². The van der Waals surface area contributed by atoms with E-state index >= 15 is 0 Å². The van der Waals surface area contributed by atoms with Crippen molar-refractivity contribution in [3.63, 3.8) is 0 Å². The molecule has 25 heavy (non-hydrogen) atoms. The minimum atomic E-state index is -0.729. The fourth-order valence-electron chi connectivity index (χ4n) is 2.64.